The smallest absolute Gasteiger partial charge is 0.267 e. The lowest BCUT2D eigenvalue weighted by Gasteiger charge is -2.21. The van der Waals surface area contributed by atoms with E-state index in [1.54, 1.807) is 0 Å². The molecule has 6 heteroatoms. The number of nitriles is 1. The number of pyridine rings is 1. The highest BCUT2D eigenvalue weighted by Gasteiger charge is 2.26. The Balaban J connectivity index is 2.57. The van der Waals surface area contributed by atoms with Crippen molar-refractivity contribution in [2.75, 3.05) is 0 Å². The molecule has 1 N–H and O–H groups in total. The lowest BCUT2D eigenvalue weighted by atomic mass is 9.89. The van der Waals surface area contributed by atoms with Gasteiger partial charge in [-0.05, 0) is 11.6 Å². The maximum absolute atomic E-state index is 14.2. The van der Waals surface area contributed by atoms with E-state index in [2.05, 4.69) is 10.3 Å². The Labute approximate surface area is 127 Å². The van der Waals surface area contributed by atoms with Gasteiger partial charge in [-0.25, -0.2) is 4.39 Å². The molecule has 1 aromatic heterocycles. The molecule has 4 nitrogen and oxygen atoms in total. The Morgan fingerprint density at radius 3 is 2.67 bits per heavy atom. The SMILES string of the molecule is CC(C)(C)c1ncc(C2=C(C#N)C(=O)NC(=S)C2)cc1F. The number of aromatic nitrogens is 1. The summed E-state index contributed by atoms with van der Waals surface area (Å²) >= 11 is 4.99. The van der Waals surface area contributed by atoms with Crippen LogP contribution in [0.5, 0.6) is 0 Å². The summed E-state index contributed by atoms with van der Waals surface area (Å²) in [5, 5.41) is 11.5. The van der Waals surface area contributed by atoms with Crippen molar-refractivity contribution in [3.05, 3.63) is 34.9 Å². The normalized spacial score (nSPS) is 15.8. The Kier molecular flexibility index (Phi) is 3.88. The highest BCUT2D eigenvalue weighted by atomic mass is 32.1. The monoisotopic (exact) mass is 303 g/mol. The molecule has 0 atom stereocenters. The quantitative estimate of drug-likeness (QED) is 0.810. The van der Waals surface area contributed by atoms with Crippen LogP contribution < -0.4 is 5.32 Å². The molecule has 0 radical (unpaired) electrons. The third-order valence-corrected chi connectivity index (χ3v) is 3.38. The number of nitrogens with one attached hydrogen (secondary N) is 1. The van der Waals surface area contributed by atoms with Crippen molar-refractivity contribution >= 4 is 28.7 Å². The highest BCUT2D eigenvalue weighted by molar-refractivity contribution is 7.80. The predicted molar refractivity (Wildman–Crippen MR) is 80.8 cm³/mol. The van der Waals surface area contributed by atoms with Crippen LogP contribution in [-0.2, 0) is 10.2 Å². The summed E-state index contributed by atoms with van der Waals surface area (Å²) in [6, 6.07) is 3.15. The van der Waals surface area contributed by atoms with E-state index < -0.39 is 17.1 Å². The molecule has 0 bridgehead atoms. The third kappa shape index (κ3) is 2.98. The third-order valence-electron chi connectivity index (χ3n) is 3.13. The first-order chi connectivity index (χ1) is 9.74. The molecule has 0 unspecified atom stereocenters. The Bertz CT molecular complexity index is 711. The van der Waals surface area contributed by atoms with Crippen LogP contribution in [0.15, 0.2) is 17.8 Å². The molecule has 1 aromatic rings. The summed E-state index contributed by atoms with van der Waals surface area (Å²) in [4.78, 5) is 16.2. The highest BCUT2D eigenvalue weighted by Crippen LogP contribution is 2.29. The number of carbonyl (C=O) groups excluding carboxylic acids is 1. The maximum Gasteiger partial charge on any atom is 0.267 e. The Hall–Kier alpha value is -2.13. The molecule has 1 aliphatic heterocycles. The molecule has 108 valence electrons. The van der Waals surface area contributed by atoms with Gasteiger partial charge >= 0.3 is 0 Å². The maximum atomic E-state index is 14.2. The van der Waals surface area contributed by atoms with Crippen molar-refractivity contribution in [3.63, 3.8) is 0 Å². The van der Waals surface area contributed by atoms with E-state index in [1.807, 2.05) is 26.8 Å². The van der Waals surface area contributed by atoms with E-state index in [4.69, 9.17) is 17.5 Å². The van der Waals surface area contributed by atoms with E-state index in [1.165, 1.54) is 12.3 Å². The minimum Gasteiger partial charge on any atom is -0.315 e. The summed E-state index contributed by atoms with van der Waals surface area (Å²) in [7, 11) is 0. The Morgan fingerprint density at radius 1 is 1.48 bits per heavy atom. The average Bonchev–Trinajstić information content (AvgIpc) is 2.36. The first-order valence-corrected chi connectivity index (χ1v) is 6.78. The topological polar surface area (TPSA) is 65.8 Å². The van der Waals surface area contributed by atoms with Crippen molar-refractivity contribution in [1.82, 2.24) is 10.3 Å². The first-order valence-electron chi connectivity index (χ1n) is 6.38. The zero-order valence-electron chi connectivity index (χ0n) is 12.0. The summed E-state index contributed by atoms with van der Waals surface area (Å²) in [6.07, 6.45) is 1.71. The van der Waals surface area contributed by atoms with Gasteiger partial charge in [0.2, 0.25) is 0 Å². The van der Waals surface area contributed by atoms with Crippen molar-refractivity contribution in [3.8, 4) is 6.07 Å². The van der Waals surface area contributed by atoms with Gasteiger partial charge in [-0.1, -0.05) is 33.0 Å². The van der Waals surface area contributed by atoms with Crippen LogP contribution in [0.1, 0.15) is 38.4 Å². The second-order valence-electron chi connectivity index (χ2n) is 5.82. The fourth-order valence-electron chi connectivity index (χ4n) is 2.14. The number of hydrogen-bond acceptors (Lipinski definition) is 4. The molecular formula is C15H14FN3OS. The van der Waals surface area contributed by atoms with Crippen LogP contribution in [0.4, 0.5) is 4.39 Å². The Morgan fingerprint density at radius 2 is 2.14 bits per heavy atom. The average molecular weight is 303 g/mol. The van der Waals surface area contributed by atoms with Crippen LogP contribution >= 0.6 is 12.2 Å². The summed E-state index contributed by atoms with van der Waals surface area (Å²) in [5.74, 6) is -1.01. The number of halogens is 1. The van der Waals surface area contributed by atoms with Gasteiger partial charge in [0.25, 0.3) is 5.91 Å². The van der Waals surface area contributed by atoms with E-state index >= 15 is 0 Å². The van der Waals surface area contributed by atoms with Gasteiger partial charge in [-0.15, -0.1) is 0 Å². The van der Waals surface area contributed by atoms with Gasteiger partial charge in [0.15, 0.2) is 0 Å². The zero-order valence-corrected chi connectivity index (χ0v) is 12.8. The molecule has 0 saturated heterocycles. The van der Waals surface area contributed by atoms with E-state index in [9.17, 15) is 9.18 Å². The van der Waals surface area contributed by atoms with Gasteiger partial charge < -0.3 is 5.32 Å². The molecule has 0 saturated carbocycles. The molecule has 0 fully saturated rings. The van der Waals surface area contributed by atoms with Gasteiger partial charge in [0.1, 0.15) is 17.5 Å². The molecule has 1 amide bonds. The minimum absolute atomic E-state index is 0.0479. The number of hydrogen-bond donors (Lipinski definition) is 1. The van der Waals surface area contributed by atoms with Crippen LogP contribution in [0.2, 0.25) is 0 Å². The second-order valence-corrected chi connectivity index (χ2v) is 6.32. The number of amides is 1. The van der Waals surface area contributed by atoms with Crippen LogP contribution in [0.3, 0.4) is 0 Å². The summed E-state index contributed by atoms with van der Waals surface area (Å²) in [5.41, 5.74) is 0.697. The number of thiocarbonyl (C=S) groups is 1. The van der Waals surface area contributed by atoms with Gasteiger partial charge in [-0.3, -0.25) is 9.78 Å². The van der Waals surface area contributed by atoms with Crippen molar-refractivity contribution in [1.29, 1.82) is 5.26 Å². The van der Waals surface area contributed by atoms with Gasteiger partial charge in [-0.2, -0.15) is 5.26 Å². The summed E-state index contributed by atoms with van der Waals surface area (Å²) < 4.78 is 14.2. The number of carbonyl (C=O) groups is 1. The fraction of sp³-hybridized carbons (Fsp3) is 0.333. The minimum atomic E-state index is -0.552. The number of rotatable bonds is 1. The molecule has 0 spiro atoms. The molecule has 21 heavy (non-hydrogen) atoms. The first kappa shape index (κ1) is 15.3. The predicted octanol–water partition coefficient (Wildman–Crippen LogP) is 2.64. The van der Waals surface area contributed by atoms with Crippen LogP contribution in [-0.4, -0.2) is 15.9 Å². The van der Waals surface area contributed by atoms with Crippen molar-refractivity contribution < 1.29 is 9.18 Å². The van der Waals surface area contributed by atoms with E-state index in [0.29, 0.717) is 21.8 Å². The van der Waals surface area contributed by atoms with Crippen molar-refractivity contribution in [2.45, 2.75) is 32.6 Å². The van der Waals surface area contributed by atoms with Crippen molar-refractivity contribution in [2.24, 2.45) is 0 Å². The second kappa shape index (κ2) is 5.34. The lowest BCUT2D eigenvalue weighted by Crippen LogP contribution is -2.34. The van der Waals surface area contributed by atoms with E-state index in [0.717, 1.165) is 0 Å². The zero-order chi connectivity index (χ0) is 15.8. The molecule has 0 aliphatic carbocycles. The largest absolute Gasteiger partial charge is 0.315 e. The molecular weight excluding hydrogens is 289 g/mol. The van der Waals surface area contributed by atoms with Crippen LogP contribution in [0.25, 0.3) is 5.57 Å². The lowest BCUT2D eigenvalue weighted by molar-refractivity contribution is -0.115. The molecule has 0 aromatic carbocycles. The molecule has 1 aliphatic rings. The molecule has 2 rings (SSSR count). The molecule has 2 heterocycles. The van der Waals surface area contributed by atoms with Gasteiger partial charge in [0.05, 0.1) is 10.7 Å². The standard InChI is InChI=1S/C15H14FN3OS/c1-15(2,3)13-11(16)4-8(7-18-13)9-5-12(21)19-14(20)10(9)6-17/h4,7H,5H2,1-3H3,(H,19,20,21). The van der Waals surface area contributed by atoms with E-state index in [-0.39, 0.29) is 12.0 Å². The fourth-order valence-corrected chi connectivity index (χ4v) is 2.38. The van der Waals surface area contributed by atoms with Crippen LogP contribution in [0, 0.1) is 17.1 Å². The summed E-state index contributed by atoms with van der Waals surface area (Å²) in [6.45, 7) is 5.59. The van der Waals surface area contributed by atoms with Gasteiger partial charge in [0, 0.05) is 23.6 Å². The number of nitrogens with zero attached hydrogens (tertiary/aromatic N) is 2.